The quantitative estimate of drug-likeness (QED) is 0.652. The number of nitrogens with zero attached hydrogens (tertiary/aromatic N) is 3. The zero-order chi connectivity index (χ0) is 23.6. The van der Waals surface area contributed by atoms with Crippen LogP contribution >= 0.6 is 0 Å². The van der Waals surface area contributed by atoms with Crippen LogP contribution in [0.3, 0.4) is 0 Å². The van der Waals surface area contributed by atoms with Crippen LogP contribution in [0.4, 0.5) is 0 Å². The van der Waals surface area contributed by atoms with E-state index in [1.165, 1.54) is 40.3 Å². The molecular weight excluding hydrogens is 444 g/mol. The molecule has 2 aliphatic rings. The monoisotopic (exact) mass is 478 g/mol. The van der Waals surface area contributed by atoms with E-state index in [1.54, 1.807) is 13.1 Å². The maximum atomic E-state index is 13.2. The van der Waals surface area contributed by atoms with Gasteiger partial charge < -0.3 is 9.73 Å². The van der Waals surface area contributed by atoms with Crippen molar-refractivity contribution in [3.63, 3.8) is 0 Å². The Hall–Kier alpha value is -2.17. The number of oxazole rings is 1. The summed E-state index contributed by atoms with van der Waals surface area (Å²) >= 11 is 0. The van der Waals surface area contributed by atoms with Crippen LogP contribution in [0.15, 0.2) is 32.3 Å². The normalized spacial score (nSPS) is 23.1. The summed E-state index contributed by atoms with van der Waals surface area (Å²) in [7, 11) is -2.22. The summed E-state index contributed by atoms with van der Waals surface area (Å²) in [5.74, 6) is -0.983. The number of carbonyl (C=O) groups is 1. The van der Waals surface area contributed by atoms with E-state index in [4.69, 9.17) is 4.42 Å². The standard InChI is InChI=1S/C23H34N4O5S/c1-3-18-8-4-5-12-26(18)14-11-24-22(28)17-7-6-13-27(16-17)33(30,31)19-9-10-20-21(15-19)32-23(29)25(20)2/h9-10,15,17-18H,3-8,11-14,16H2,1-2H3,(H,24,28). The highest BCUT2D eigenvalue weighted by Gasteiger charge is 2.33. The van der Waals surface area contributed by atoms with E-state index in [0.717, 1.165) is 19.5 Å². The van der Waals surface area contributed by atoms with E-state index >= 15 is 0 Å². The second kappa shape index (κ2) is 9.99. The number of hydrogen-bond donors (Lipinski definition) is 1. The number of aromatic nitrogens is 1. The number of amides is 1. The largest absolute Gasteiger partial charge is 0.419 e. The van der Waals surface area contributed by atoms with Gasteiger partial charge in [-0.1, -0.05) is 13.3 Å². The fraction of sp³-hybridized carbons (Fsp3) is 0.652. The maximum Gasteiger partial charge on any atom is 0.419 e. The van der Waals surface area contributed by atoms with Crippen molar-refractivity contribution in [1.29, 1.82) is 0 Å². The summed E-state index contributed by atoms with van der Waals surface area (Å²) in [5, 5.41) is 3.03. The molecule has 10 heteroatoms. The van der Waals surface area contributed by atoms with Crippen molar-refractivity contribution in [2.24, 2.45) is 13.0 Å². The fourth-order valence-electron chi connectivity index (χ4n) is 5.08. The molecule has 0 saturated carbocycles. The minimum Gasteiger partial charge on any atom is -0.408 e. The lowest BCUT2D eigenvalue weighted by molar-refractivity contribution is -0.126. The lowest BCUT2D eigenvalue weighted by atomic mass is 9.98. The van der Waals surface area contributed by atoms with Gasteiger partial charge in [0.25, 0.3) is 0 Å². The Bertz CT molecular complexity index is 1160. The average Bonchev–Trinajstić information content (AvgIpc) is 3.12. The van der Waals surface area contributed by atoms with Crippen LogP contribution < -0.4 is 11.1 Å². The van der Waals surface area contributed by atoms with E-state index in [9.17, 15) is 18.0 Å². The van der Waals surface area contributed by atoms with Crippen LogP contribution in [0.5, 0.6) is 0 Å². The number of aryl methyl sites for hydroxylation is 1. The third kappa shape index (κ3) is 5.02. The second-order valence-corrected chi connectivity index (χ2v) is 11.1. The minimum absolute atomic E-state index is 0.0705. The summed E-state index contributed by atoms with van der Waals surface area (Å²) in [5.41, 5.74) is 0.770. The zero-order valence-corrected chi connectivity index (χ0v) is 20.3. The second-order valence-electron chi connectivity index (χ2n) is 9.14. The van der Waals surface area contributed by atoms with E-state index in [-0.39, 0.29) is 28.8 Å². The van der Waals surface area contributed by atoms with Crippen LogP contribution in [0.1, 0.15) is 45.4 Å². The average molecular weight is 479 g/mol. The molecule has 0 aliphatic carbocycles. The Kier molecular flexibility index (Phi) is 7.25. The van der Waals surface area contributed by atoms with Crippen molar-refractivity contribution in [2.45, 2.75) is 56.4 Å². The Morgan fingerprint density at radius 2 is 2.00 bits per heavy atom. The first-order valence-corrected chi connectivity index (χ1v) is 13.4. The molecule has 1 aromatic heterocycles. The summed E-state index contributed by atoms with van der Waals surface area (Å²) in [6, 6.07) is 5.04. The molecule has 2 aromatic rings. The number of rotatable bonds is 7. The first-order chi connectivity index (χ1) is 15.8. The number of benzene rings is 1. The SMILES string of the molecule is CCC1CCCCN1CCNC(=O)C1CCCN(S(=O)(=O)c2ccc3c(c2)oc(=O)n3C)C1. The molecule has 182 valence electrons. The smallest absolute Gasteiger partial charge is 0.408 e. The molecule has 2 atom stereocenters. The molecule has 2 aliphatic heterocycles. The first-order valence-electron chi connectivity index (χ1n) is 11.9. The highest BCUT2D eigenvalue weighted by atomic mass is 32.2. The Morgan fingerprint density at radius 1 is 1.18 bits per heavy atom. The van der Waals surface area contributed by atoms with Crippen molar-refractivity contribution >= 4 is 27.0 Å². The molecule has 0 spiro atoms. The van der Waals surface area contributed by atoms with Gasteiger partial charge in [-0.2, -0.15) is 4.31 Å². The van der Waals surface area contributed by atoms with Gasteiger partial charge in [0.05, 0.1) is 16.3 Å². The highest BCUT2D eigenvalue weighted by molar-refractivity contribution is 7.89. The zero-order valence-electron chi connectivity index (χ0n) is 19.5. The van der Waals surface area contributed by atoms with Crippen LogP contribution in [0.25, 0.3) is 11.1 Å². The van der Waals surface area contributed by atoms with Gasteiger partial charge in [0.1, 0.15) is 0 Å². The van der Waals surface area contributed by atoms with Crippen molar-refractivity contribution in [3.8, 4) is 0 Å². The van der Waals surface area contributed by atoms with Gasteiger partial charge in [0, 0.05) is 45.3 Å². The summed E-state index contributed by atoms with van der Waals surface area (Å²) in [6.45, 7) is 5.24. The van der Waals surface area contributed by atoms with Gasteiger partial charge in [0.15, 0.2) is 5.58 Å². The van der Waals surface area contributed by atoms with E-state index in [2.05, 4.69) is 17.1 Å². The molecule has 1 amide bonds. The van der Waals surface area contributed by atoms with Crippen molar-refractivity contribution < 1.29 is 17.6 Å². The van der Waals surface area contributed by atoms with Crippen LogP contribution in [-0.2, 0) is 21.9 Å². The Balaban J connectivity index is 1.38. The van der Waals surface area contributed by atoms with Gasteiger partial charge in [-0.15, -0.1) is 0 Å². The number of fused-ring (bicyclic) bond motifs is 1. The first kappa shape index (κ1) is 24.0. The molecule has 9 nitrogen and oxygen atoms in total. The molecule has 2 unspecified atom stereocenters. The molecule has 3 heterocycles. The van der Waals surface area contributed by atoms with E-state index in [0.29, 0.717) is 37.5 Å². The van der Waals surface area contributed by atoms with Gasteiger partial charge in [-0.05, 0) is 50.8 Å². The van der Waals surface area contributed by atoms with Gasteiger partial charge in [0.2, 0.25) is 15.9 Å². The molecule has 1 aromatic carbocycles. The van der Waals surface area contributed by atoms with E-state index in [1.807, 2.05) is 0 Å². The lowest BCUT2D eigenvalue weighted by Gasteiger charge is -2.35. The van der Waals surface area contributed by atoms with Crippen molar-refractivity contribution in [3.05, 3.63) is 28.7 Å². The number of carbonyl (C=O) groups excluding carboxylic acids is 1. The van der Waals surface area contributed by atoms with Crippen molar-refractivity contribution in [1.82, 2.24) is 19.1 Å². The Morgan fingerprint density at radius 3 is 2.79 bits per heavy atom. The predicted octanol–water partition coefficient (Wildman–Crippen LogP) is 1.91. The minimum atomic E-state index is -3.80. The lowest BCUT2D eigenvalue weighted by Crippen LogP contribution is -2.47. The molecule has 0 radical (unpaired) electrons. The molecule has 1 N–H and O–H groups in total. The fourth-order valence-corrected chi connectivity index (χ4v) is 6.62. The predicted molar refractivity (Wildman–Crippen MR) is 125 cm³/mol. The number of hydrogen-bond acceptors (Lipinski definition) is 6. The van der Waals surface area contributed by atoms with Gasteiger partial charge >= 0.3 is 5.76 Å². The van der Waals surface area contributed by atoms with Crippen molar-refractivity contribution in [2.75, 3.05) is 32.7 Å². The maximum absolute atomic E-state index is 13.2. The highest BCUT2D eigenvalue weighted by Crippen LogP contribution is 2.26. The van der Waals surface area contributed by atoms with Crippen LogP contribution in [0.2, 0.25) is 0 Å². The molecular formula is C23H34N4O5S. The molecule has 2 saturated heterocycles. The Labute approximate surface area is 194 Å². The number of likely N-dealkylation sites (tertiary alicyclic amines) is 1. The van der Waals surface area contributed by atoms with Crippen LogP contribution in [-0.4, -0.2) is 66.9 Å². The number of nitrogens with one attached hydrogen (secondary N) is 1. The van der Waals surface area contributed by atoms with Gasteiger partial charge in [-0.25, -0.2) is 13.2 Å². The molecule has 2 fully saturated rings. The van der Waals surface area contributed by atoms with Crippen LogP contribution in [0, 0.1) is 5.92 Å². The third-order valence-electron chi connectivity index (χ3n) is 7.08. The molecule has 0 bridgehead atoms. The summed E-state index contributed by atoms with van der Waals surface area (Å²) < 4.78 is 34.3. The van der Waals surface area contributed by atoms with Gasteiger partial charge in [-0.3, -0.25) is 14.3 Å². The summed E-state index contributed by atoms with van der Waals surface area (Å²) in [6.07, 6.45) is 6.13. The molecule has 4 rings (SSSR count). The molecule has 33 heavy (non-hydrogen) atoms. The third-order valence-corrected chi connectivity index (χ3v) is 8.94. The van der Waals surface area contributed by atoms with E-state index < -0.39 is 15.8 Å². The topological polar surface area (TPSA) is 105 Å². The number of sulfonamides is 1. The number of piperidine rings is 2. The summed E-state index contributed by atoms with van der Waals surface area (Å²) in [4.78, 5) is 27.1.